The van der Waals surface area contributed by atoms with Crippen LogP contribution in [0.1, 0.15) is 27.7 Å². The summed E-state index contributed by atoms with van der Waals surface area (Å²) in [6.45, 7) is 12.9. The van der Waals surface area contributed by atoms with Crippen LogP contribution in [0.3, 0.4) is 0 Å². The summed E-state index contributed by atoms with van der Waals surface area (Å²) >= 11 is 3.45. The maximum Gasteiger partial charge on any atom is 0.211 e. The second-order valence-electron chi connectivity index (χ2n) is 6.18. The van der Waals surface area contributed by atoms with Crippen molar-refractivity contribution in [3.05, 3.63) is 22.7 Å². The lowest BCUT2D eigenvalue weighted by Crippen LogP contribution is -2.52. The first-order valence-corrected chi connectivity index (χ1v) is 9.27. The highest BCUT2D eigenvalue weighted by molar-refractivity contribution is 9.10. The molecular formula is C18H30BrN3O2. The fourth-order valence-electron chi connectivity index (χ4n) is 2.72. The Hall–Kier alpha value is -1.11. The van der Waals surface area contributed by atoms with Crippen LogP contribution in [0.4, 0.5) is 11.4 Å². The lowest BCUT2D eigenvalue weighted by atomic mass is 10.0. The minimum atomic E-state index is -0.0650. The Kier molecular flexibility index (Phi) is 8.73. The first-order chi connectivity index (χ1) is 11.4. The zero-order valence-electron chi connectivity index (χ0n) is 15.4. The molecule has 6 heteroatoms. The van der Waals surface area contributed by atoms with E-state index >= 15 is 0 Å². The van der Waals surface area contributed by atoms with E-state index in [4.69, 9.17) is 4.74 Å². The average molecular weight is 400 g/mol. The van der Waals surface area contributed by atoms with Crippen LogP contribution in [-0.2, 0) is 9.53 Å². The van der Waals surface area contributed by atoms with Crippen molar-refractivity contribution in [2.75, 3.05) is 50.1 Å². The molecule has 1 aromatic carbocycles. The molecule has 1 N–H and O–H groups in total. The van der Waals surface area contributed by atoms with E-state index in [1.165, 1.54) is 0 Å². The SMILES string of the molecule is CC.CN(c1ccc(Br)cc1NC=O)C(C)(C)CN1CCOCC1. The molecule has 0 radical (unpaired) electrons. The number of rotatable bonds is 6. The van der Waals surface area contributed by atoms with Crippen LogP contribution in [0.5, 0.6) is 0 Å². The summed E-state index contributed by atoms with van der Waals surface area (Å²) in [5.41, 5.74) is 1.75. The number of halogens is 1. The summed E-state index contributed by atoms with van der Waals surface area (Å²) in [6, 6.07) is 5.94. The first kappa shape index (κ1) is 20.9. The van der Waals surface area contributed by atoms with Crippen LogP contribution in [-0.4, -0.2) is 56.7 Å². The number of benzene rings is 1. The highest BCUT2D eigenvalue weighted by atomic mass is 79.9. The number of nitrogens with zero attached hydrogens (tertiary/aromatic N) is 2. The van der Waals surface area contributed by atoms with Crippen molar-refractivity contribution >= 4 is 33.7 Å². The number of amides is 1. The summed E-state index contributed by atoms with van der Waals surface area (Å²) in [4.78, 5) is 15.5. The molecule has 0 atom stereocenters. The van der Waals surface area contributed by atoms with Crippen molar-refractivity contribution < 1.29 is 9.53 Å². The number of carbonyl (C=O) groups excluding carboxylic acids is 1. The Morgan fingerprint density at radius 3 is 2.54 bits per heavy atom. The van der Waals surface area contributed by atoms with Gasteiger partial charge in [0.15, 0.2) is 0 Å². The van der Waals surface area contributed by atoms with E-state index in [1.807, 2.05) is 32.0 Å². The second kappa shape index (κ2) is 10.0. The zero-order chi connectivity index (χ0) is 18.2. The third kappa shape index (κ3) is 5.76. The summed E-state index contributed by atoms with van der Waals surface area (Å²) < 4.78 is 6.36. The second-order valence-corrected chi connectivity index (χ2v) is 7.10. The van der Waals surface area contributed by atoms with Gasteiger partial charge in [-0.05, 0) is 32.0 Å². The van der Waals surface area contributed by atoms with Gasteiger partial charge in [0, 0.05) is 36.7 Å². The molecule has 1 saturated heterocycles. The van der Waals surface area contributed by atoms with Gasteiger partial charge >= 0.3 is 0 Å². The van der Waals surface area contributed by atoms with Crippen molar-refractivity contribution in [2.45, 2.75) is 33.2 Å². The average Bonchev–Trinajstić information content (AvgIpc) is 2.57. The molecule has 1 amide bonds. The van der Waals surface area contributed by atoms with Crippen LogP contribution < -0.4 is 10.2 Å². The predicted molar refractivity (Wildman–Crippen MR) is 105 cm³/mol. The van der Waals surface area contributed by atoms with Gasteiger partial charge in [-0.25, -0.2) is 0 Å². The van der Waals surface area contributed by atoms with E-state index in [-0.39, 0.29) is 5.54 Å². The Bertz CT molecular complexity index is 517. The van der Waals surface area contributed by atoms with Gasteiger partial charge in [0.2, 0.25) is 6.41 Å². The lowest BCUT2D eigenvalue weighted by Gasteiger charge is -2.42. The number of ether oxygens (including phenoxy) is 1. The molecule has 2 rings (SSSR count). The van der Waals surface area contributed by atoms with Crippen LogP contribution in [0.25, 0.3) is 0 Å². The highest BCUT2D eigenvalue weighted by Crippen LogP contribution is 2.32. The van der Waals surface area contributed by atoms with Crippen molar-refractivity contribution in [3.63, 3.8) is 0 Å². The molecule has 0 bridgehead atoms. The molecule has 1 aromatic rings. The third-order valence-corrected chi connectivity index (χ3v) is 4.65. The topological polar surface area (TPSA) is 44.8 Å². The summed E-state index contributed by atoms with van der Waals surface area (Å²) in [7, 11) is 2.07. The van der Waals surface area contributed by atoms with Crippen molar-refractivity contribution in [1.29, 1.82) is 0 Å². The maximum atomic E-state index is 10.9. The van der Waals surface area contributed by atoms with Crippen molar-refractivity contribution in [2.24, 2.45) is 0 Å². The van der Waals surface area contributed by atoms with Gasteiger partial charge in [-0.3, -0.25) is 9.69 Å². The van der Waals surface area contributed by atoms with Crippen molar-refractivity contribution in [1.82, 2.24) is 4.90 Å². The molecule has 1 fully saturated rings. The van der Waals surface area contributed by atoms with Crippen molar-refractivity contribution in [3.8, 4) is 0 Å². The van der Waals surface area contributed by atoms with Gasteiger partial charge in [-0.1, -0.05) is 29.8 Å². The van der Waals surface area contributed by atoms with Crippen LogP contribution >= 0.6 is 15.9 Å². The summed E-state index contributed by atoms with van der Waals surface area (Å²) in [5, 5.41) is 2.79. The van der Waals surface area contributed by atoms with E-state index in [0.29, 0.717) is 6.41 Å². The highest BCUT2D eigenvalue weighted by Gasteiger charge is 2.28. The van der Waals surface area contributed by atoms with Gasteiger partial charge < -0.3 is 15.0 Å². The zero-order valence-corrected chi connectivity index (χ0v) is 17.0. The van der Waals surface area contributed by atoms with Gasteiger partial charge in [0.1, 0.15) is 0 Å². The molecule has 0 aromatic heterocycles. The monoisotopic (exact) mass is 399 g/mol. The molecular weight excluding hydrogens is 370 g/mol. The van der Waals surface area contributed by atoms with Gasteiger partial charge in [-0.15, -0.1) is 0 Å². The number of morpholine rings is 1. The number of hydrogen-bond donors (Lipinski definition) is 1. The van der Waals surface area contributed by atoms with E-state index in [2.05, 4.69) is 51.9 Å². The fraction of sp³-hybridized carbons (Fsp3) is 0.611. The Labute approximate surface area is 154 Å². The van der Waals surface area contributed by atoms with E-state index < -0.39 is 0 Å². The predicted octanol–water partition coefficient (Wildman–Crippen LogP) is 3.59. The molecule has 0 spiro atoms. The molecule has 136 valence electrons. The van der Waals surface area contributed by atoms with Crippen LogP contribution in [0, 0.1) is 0 Å². The molecule has 1 heterocycles. The Morgan fingerprint density at radius 1 is 1.33 bits per heavy atom. The molecule has 0 unspecified atom stereocenters. The molecule has 24 heavy (non-hydrogen) atoms. The van der Waals surface area contributed by atoms with Gasteiger partial charge in [0.05, 0.1) is 24.6 Å². The quantitative estimate of drug-likeness (QED) is 0.742. The van der Waals surface area contributed by atoms with E-state index in [1.54, 1.807) is 0 Å². The molecule has 0 saturated carbocycles. The number of likely N-dealkylation sites (N-methyl/N-ethyl adjacent to an activating group) is 1. The number of anilines is 2. The molecule has 1 aliphatic heterocycles. The maximum absolute atomic E-state index is 10.9. The Morgan fingerprint density at radius 2 is 1.96 bits per heavy atom. The smallest absolute Gasteiger partial charge is 0.211 e. The van der Waals surface area contributed by atoms with Crippen LogP contribution in [0.15, 0.2) is 22.7 Å². The summed E-state index contributed by atoms with van der Waals surface area (Å²) in [5.74, 6) is 0. The third-order valence-electron chi connectivity index (χ3n) is 4.16. The fourth-order valence-corrected chi connectivity index (χ4v) is 3.08. The number of hydrogen-bond acceptors (Lipinski definition) is 4. The van der Waals surface area contributed by atoms with E-state index in [0.717, 1.165) is 48.7 Å². The molecule has 5 nitrogen and oxygen atoms in total. The van der Waals surface area contributed by atoms with Gasteiger partial charge in [0.25, 0.3) is 0 Å². The first-order valence-electron chi connectivity index (χ1n) is 8.48. The molecule has 0 aliphatic carbocycles. The van der Waals surface area contributed by atoms with Crippen LogP contribution in [0.2, 0.25) is 0 Å². The number of nitrogens with one attached hydrogen (secondary N) is 1. The lowest BCUT2D eigenvalue weighted by molar-refractivity contribution is -0.105. The minimum Gasteiger partial charge on any atom is -0.379 e. The van der Waals surface area contributed by atoms with Gasteiger partial charge in [-0.2, -0.15) is 0 Å². The largest absolute Gasteiger partial charge is 0.379 e. The minimum absolute atomic E-state index is 0.0650. The Balaban J connectivity index is 0.00000139. The number of carbonyl (C=O) groups is 1. The standard InChI is InChI=1S/C16H24BrN3O2.C2H6/c1-16(2,11-20-6-8-22-9-7-20)19(3)15-5-4-13(17)10-14(15)18-12-21;1-2/h4-5,10,12H,6-9,11H2,1-3H3,(H,18,21);1-2H3. The normalized spacial score (nSPS) is 15.2. The van der Waals surface area contributed by atoms with E-state index in [9.17, 15) is 4.79 Å². The molecule has 1 aliphatic rings. The summed E-state index contributed by atoms with van der Waals surface area (Å²) in [6.07, 6.45) is 0.716.